The van der Waals surface area contributed by atoms with Crippen LogP contribution < -0.4 is 20.7 Å². The van der Waals surface area contributed by atoms with Crippen LogP contribution in [0.15, 0.2) is 75.8 Å². The normalized spacial score (nSPS) is 22.0. The molecule has 4 aliphatic rings. The van der Waals surface area contributed by atoms with Crippen molar-refractivity contribution in [3.05, 3.63) is 95.3 Å². The number of hydrogen-bond acceptors (Lipinski definition) is 8. The molecule has 1 spiro atoms. The van der Waals surface area contributed by atoms with Gasteiger partial charge in [-0.1, -0.05) is 70.2 Å². The molecule has 10 rings (SSSR count). The van der Waals surface area contributed by atoms with Gasteiger partial charge in [-0.05, 0) is 42.0 Å². The number of anilines is 1. The van der Waals surface area contributed by atoms with Gasteiger partial charge in [-0.15, -0.1) is 0 Å². The molecule has 4 aliphatic heterocycles. The van der Waals surface area contributed by atoms with Crippen LogP contribution in [0.25, 0.3) is 44.9 Å². The number of carbonyl (C=O) groups excluding carboxylic acids is 2. The number of carbonyl (C=O) groups is 2. The largest absolute Gasteiger partial charge is 0.469 e. The van der Waals surface area contributed by atoms with Crippen molar-refractivity contribution in [2.45, 2.75) is 70.7 Å². The first kappa shape index (κ1) is 30.9. The van der Waals surface area contributed by atoms with Gasteiger partial charge in [-0.25, -0.2) is 9.97 Å². The fourth-order valence-corrected chi connectivity index (χ4v) is 8.81. The molecule has 10 bridgehead atoms. The van der Waals surface area contributed by atoms with E-state index in [0.29, 0.717) is 47.6 Å². The summed E-state index contributed by atoms with van der Waals surface area (Å²) in [6.45, 7) is 8.01. The number of hydrogen-bond donors (Lipinski definition) is 4. The molecule has 3 aromatic heterocycles. The lowest BCUT2D eigenvalue weighted by atomic mass is 9.72. The van der Waals surface area contributed by atoms with Crippen LogP contribution in [-0.4, -0.2) is 39.0 Å². The number of ether oxygens (including phenoxy) is 1. The van der Waals surface area contributed by atoms with Gasteiger partial charge in [-0.3, -0.25) is 9.59 Å². The van der Waals surface area contributed by atoms with Crippen LogP contribution >= 0.6 is 0 Å². The number of benzene rings is 3. The number of nitrogens with zero attached hydrogens (tertiary/aromatic N) is 2. The highest BCUT2D eigenvalue weighted by Gasteiger charge is 2.61. The van der Waals surface area contributed by atoms with E-state index in [4.69, 9.17) is 23.5 Å². The lowest BCUT2D eigenvalue weighted by Gasteiger charge is -2.29. The highest BCUT2D eigenvalue weighted by Crippen LogP contribution is 2.61. The summed E-state index contributed by atoms with van der Waals surface area (Å²) < 4.78 is 20.5. The lowest BCUT2D eigenvalue weighted by Crippen LogP contribution is -2.51. The second kappa shape index (κ2) is 11.1. The minimum atomic E-state index is -1.01. The number of para-hydroxylation sites is 1. The van der Waals surface area contributed by atoms with E-state index in [1.165, 1.54) is 0 Å². The Kier molecular flexibility index (Phi) is 6.59. The summed E-state index contributed by atoms with van der Waals surface area (Å²) in [6.07, 6.45) is 4.74. The molecule has 0 saturated carbocycles. The van der Waals surface area contributed by atoms with Crippen LogP contribution in [0.5, 0.6) is 5.75 Å². The van der Waals surface area contributed by atoms with Crippen molar-refractivity contribution in [1.82, 2.24) is 25.6 Å². The standard InChI is InChI=1S/C41H38N6O5/c1-5-21(6-2)36(48)44-28-16-20-13-14-29-26(15-20)41-25-11-7-10-23(33(25)47-40(41)51-29)22-9-8-12-27-31(22)24(17-42-27)30-18-43-38(50-30)34-35(41)52-39(46-34)32(19(3)4)45-37(28)49/h7-15,17-19,21,28,32,40,42,47H,5-6,16H2,1-4H3,(H,44,48)(H,45,49)/t28-,32-,40?,41-/m0/s1. The average Bonchev–Trinajstić information content (AvgIpc) is 3.96. The number of aromatic nitrogens is 3. The van der Waals surface area contributed by atoms with E-state index in [1.54, 1.807) is 6.20 Å². The highest BCUT2D eigenvalue weighted by atomic mass is 16.5. The fraction of sp³-hybridized carbons (Fsp3) is 0.317. The zero-order valence-corrected chi connectivity index (χ0v) is 29.3. The molecule has 0 fully saturated rings. The van der Waals surface area contributed by atoms with Gasteiger partial charge >= 0.3 is 0 Å². The molecule has 3 aromatic carbocycles. The number of oxazole rings is 2. The Hall–Kier alpha value is -5.84. The number of amides is 2. The van der Waals surface area contributed by atoms with E-state index >= 15 is 0 Å². The topological polar surface area (TPSA) is 147 Å². The van der Waals surface area contributed by atoms with Crippen molar-refractivity contribution in [2.75, 3.05) is 5.32 Å². The van der Waals surface area contributed by atoms with Crippen molar-refractivity contribution >= 4 is 28.4 Å². The van der Waals surface area contributed by atoms with Crippen molar-refractivity contribution in [1.29, 1.82) is 0 Å². The Morgan fingerprint density at radius 1 is 1.00 bits per heavy atom. The number of fused-ring (bicyclic) bond motifs is 7. The number of H-pyrrole nitrogens is 1. The monoisotopic (exact) mass is 694 g/mol. The van der Waals surface area contributed by atoms with Crippen LogP contribution in [0.4, 0.5) is 5.69 Å². The van der Waals surface area contributed by atoms with Gasteiger partial charge in [-0.2, -0.15) is 0 Å². The van der Waals surface area contributed by atoms with Crippen LogP contribution in [0.2, 0.25) is 0 Å². The predicted molar refractivity (Wildman–Crippen MR) is 195 cm³/mol. The van der Waals surface area contributed by atoms with Gasteiger partial charge in [0, 0.05) is 57.4 Å². The molecule has 0 aliphatic carbocycles. The third-order valence-corrected chi connectivity index (χ3v) is 11.5. The van der Waals surface area contributed by atoms with Gasteiger partial charge in [0.2, 0.25) is 23.6 Å². The summed E-state index contributed by atoms with van der Waals surface area (Å²) in [5, 5.41) is 11.1. The van der Waals surface area contributed by atoms with Crippen molar-refractivity contribution in [3.8, 4) is 39.8 Å². The van der Waals surface area contributed by atoms with Crippen LogP contribution in [-0.2, 0) is 21.4 Å². The molecule has 11 heteroatoms. The Labute approximate surface area is 299 Å². The second-order valence-electron chi connectivity index (χ2n) is 14.7. The van der Waals surface area contributed by atoms with Crippen LogP contribution in [0, 0.1) is 11.8 Å². The zero-order valence-electron chi connectivity index (χ0n) is 29.3. The lowest BCUT2D eigenvalue weighted by molar-refractivity contribution is -0.131. The summed E-state index contributed by atoms with van der Waals surface area (Å²) >= 11 is 0. The van der Waals surface area contributed by atoms with Gasteiger partial charge in [0.25, 0.3) is 0 Å². The molecule has 52 heavy (non-hydrogen) atoms. The minimum Gasteiger partial charge on any atom is -0.469 e. The molecular weight excluding hydrogens is 656 g/mol. The van der Waals surface area contributed by atoms with E-state index < -0.39 is 23.7 Å². The zero-order chi connectivity index (χ0) is 35.5. The maximum atomic E-state index is 14.2. The maximum absolute atomic E-state index is 14.2. The Bertz CT molecular complexity index is 2450. The number of aromatic amines is 1. The van der Waals surface area contributed by atoms with Crippen molar-refractivity contribution in [2.24, 2.45) is 11.8 Å². The summed E-state index contributed by atoms with van der Waals surface area (Å²) in [6, 6.07) is 17.1. The Morgan fingerprint density at radius 2 is 1.83 bits per heavy atom. The highest BCUT2D eigenvalue weighted by molar-refractivity contribution is 6.07. The summed E-state index contributed by atoms with van der Waals surface area (Å²) in [5.41, 5.74) is 6.98. The van der Waals surface area contributed by atoms with Gasteiger partial charge in [0.15, 0.2) is 23.4 Å². The van der Waals surface area contributed by atoms with Crippen LogP contribution in [0.1, 0.15) is 74.9 Å². The molecule has 262 valence electrons. The molecule has 0 radical (unpaired) electrons. The number of nitrogens with one attached hydrogen (secondary N) is 4. The first-order chi connectivity index (χ1) is 25.3. The van der Waals surface area contributed by atoms with Gasteiger partial charge < -0.3 is 34.5 Å². The Morgan fingerprint density at radius 3 is 2.65 bits per heavy atom. The molecular formula is C41H38N6O5. The maximum Gasteiger partial charge on any atom is 0.249 e. The fourth-order valence-electron chi connectivity index (χ4n) is 8.81. The molecule has 11 nitrogen and oxygen atoms in total. The molecule has 2 amide bonds. The SMILES string of the molecule is CCC(CC)C(=O)N[C@H]1Cc2ccc3c(c2)[C@]24c5cccc(c5NC2O3)-c2cccc3[nH]cc(c23)-c2cnc(o2)-c2nc(oc24)[C@H](C(C)C)NC1=O. The van der Waals surface area contributed by atoms with Crippen molar-refractivity contribution in [3.63, 3.8) is 0 Å². The van der Waals surface area contributed by atoms with E-state index in [-0.39, 0.29) is 30.1 Å². The summed E-state index contributed by atoms with van der Waals surface area (Å²) in [5.74, 6) is 1.68. The third-order valence-electron chi connectivity index (χ3n) is 11.5. The number of rotatable bonds is 5. The molecule has 4 N–H and O–H groups in total. The first-order valence-electron chi connectivity index (χ1n) is 18.2. The third kappa shape index (κ3) is 4.13. The van der Waals surface area contributed by atoms with E-state index in [0.717, 1.165) is 50.0 Å². The summed E-state index contributed by atoms with van der Waals surface area (Å²) in [7, 11) is 0. The molecule has 4 atom stereocenters. The van der Waals surface area contributed by atoms with Gasteiger partial charge in [0.1, 0.15) is 23.2 Å². The molecule has 6 aromatic rings. The minimum absolute atomic E-state index is 0.117. The smallest absolute Gasteiger partial charge is 0.249 e. The Balaban J connectivity index is 1.28. The quantitative estimate of drug-likeness (QED) is 0.148. The van der Waals surface area contributed by atoms with E-state index in [9.17, 15) is 9.59 Å². The molecule has 1 unspecified atom stereocenters. The van der Waals surface area contributed by atoms with E-state index in [2.05, 4.69) is 63.4 Å². The van der Waals surface area contributed by atoms with E-state index in [1.807, 2.05) is 46.0 Å². The van der Waals surface area contributed by atoms with Crippen LogP contribution in [0.3, 0.4) is 0 Å². The first-order valence-corrected chi connectivity index (χ1v) is 18.2. The van der Waals surface area contributed by atoms with Crippen molar-refractivity contribution < 1.29 is 23.2 Å². The predicted octanol–water partition coefficient (Wildman–Crippen LogP) is 7.23. The average molecular weight is 695 g/mol. The second-order valence-corrected chi connectivity index (χ2v) is 14.7. The summed E-state index contributed by atoms with van der Waals surface area (Å²) in [4.78, 5) is 41.1. The molecule has 0 saturated heterocycles. The van der Waals surface area contributed by atoms with Gasteiger partial charge in [0.05, 0.1) is 6.20 Å². The molecule has 7 heterocycles.